The Balaban J connectivity index is 2.19. The number of hydrogen-bond acceptors (Lipinski definition) is 4. The van der Waals surface area contributed by atoms with Gasteiger partial charge in [-0.15, -0.1) is 11.3 Å². The number of sulfone groups is 1. The second-order valence-corrected chi connectivity index (χ2v) is 7.58. The molecule has 0 aliphatic rings. The molecule has 0 fully saturated rings. The molecule has 0 saturated heterocycles. The van der Waals surface area contributed by atoms with E-state index in [1.807, 2.05) is 25.1 Å². The first-order valence-electron chi connectivity index (χ1n) is 5.93. The molecule has 0 saturated carbocycles. The monoisotopic (exact) mass is 310 g/mol. The zero-order chi connectivity index (χ0) is 14.8. The third kappa shape index (κ3) is 3.68. The summed E-state index contributed by atoms with van der Waals surface area (Å²) >= 11 is 1.04. The highest BCUT2D eigenvalue weighted by molar-refractivity contribution is 7.89. The molecule has 0 atom stereocenters. The molecule has 0 bridgehead atoms. The first-order chi connectivity index (χ1) is 9.37. The van der Waals surface area contributed by atoms with Crippen LogP contribution in [0.15, 0.2) is 35.7 Å². The van der Waals surface area contributed by atoms with E-state index >= 15 is 0 Å². The van der Waals surface area contributed by atoms with E-state index in [1.165, 1.54) is 0 Å². The number of aromatic carboxylic acids is 1. The number of carboxylic acids is 1. The zero-order valence-corrected chi connectivity index (χ0v) is 12.5. The Bertz CT molecular complexity index is 729. The van der Waals surface area contributed by atoms with E-state index in [-0.39, 0.29) is 16.4 Å². The second kappa shape index (κ2) is 5.76. The molecule has 0 spiro atoms. The van der Waals surface area contributed by atoms with Crippen LogP contribution < -0.4 is 0 Å². The van der Waals surface area contributed by atoms with Gasteiger partial charge in [0.15, 0.2) is 9.84 Å². The Morgan fingerprint density at radius 3 is 2.65 bits per heavy atom. The molecule has 1 aromatic heterocycles. The number of aryl methyl sites for hydroxylation is 1. The van der Waals surface area contributed by atoms with Crippen LogP contribution in [-0.4, -0.2) is 19.5 Å². The summed E-state index contributed by atoms with van der Waals surface area (Å²) in [5.41, 5.74) is 2.08. The predicted octanol–water partition coefficient (Wildman–Crippen LogP) is 2.87. The first-order valence-corrected chi connectivity index (χ1v) is 8.63. The van der Waals surface area contributed by atoms with Crippen molar-refractivity contribution in [3.63, 3.8) is 0 Å². The van der Waals surface area contributed by atoms with Crippen molar-refractivity contribution < 1.29 is 18.3 Å². The average molecular weight is 310 g/mol. The largest absolute Gasteiger partial charge is 0.477 e. The average Bonchev–Trinajstić information content (AvgIpc) is 2.75. The van der Waals surface area contributed by atoms with Gasteiger partial charge in [0.2, 0.25) is 0 Å². The van der Waals surface area contributed by atoms with Crippen molar-refractivity contribution in [2.45, 2.75) is 18.4 Å². The summed E-state index contributed by atoms with van der Waals surface area (Å²) in [6.45, 7) is 1.90. The Morgan fingerprint density at radius 1 is 1.25 bits per heavy atom. The van der Waals surface area contributed by atoms with Gasteiger partial charge < -0.3 is 5.11 Å². The quantitative estimate of drug-likeness (QED) is 0.921. The molecule has 1 aromatic carbocycles. The molecule has 0 unspecified atom stereocenters. The summed E-state index contributed by atoms with van der Waals surface area (Å²) in [6.07, 6.45) is 0. The SMILES string of the molecule is Cc1cccc(CS(=O)(=O)Cc2ccsc2C(=O)O)c1. The summed E-state index contributed by atoms with van der Waals surface area (Å²) in [5.74, 6) is -1.41. The van der Waals surface area contributed by atoms with Crippen molar-refractivity contribution in [2.75, 3.05) is 0 Å². The number of rotatable bonds is 5. The van der Waals surface area contributed by atoms with Gasteiger partial charge in [-0.05, 0) is 29.5 Å². The van der Waals surface area contributed by atoms with Crippen molar-refractivity contribution in [2.24, 2.45) is 0 Å². The van der Waals surface area contributed by atoms with Crippen molar-refractivity contribution in [3.05, 3.63) is 57.3 Å². The summed E-state index contributed by atoms with van der Waals surface area (Å²) in [4.78, 5) is 11.1. The molecule has 0 amide bonds. The molecular formula is C14H14O4S2. The minimum atomic E-state index is -3.39. The molecular weight excluding hydrogens is 296 g/mol. The molecule has 4 nitrogen and oxygen atoms in total. The number of thiophene rings is 1. The number of hydrogen-bond donors (Lipinski definition) is 1. The highest BCUT2D eigenvalue weighted by Gasteiger charge is 2.19. The first kappa shape index (κ1) is 14.7. The van der Waals surface area contributed by atoms with Gasteiger partial charge in [0.05, 0.1) is 11.5 Å². The standard InChI is InChI=1S/C14H14O4S2/c1-10-3-2-4-11(7-10)8-20(17,18)9-12-5-6-19-13(12)14(15)16/h2-7H,8-9H2,1H3,(H,15,16). The van der Waals surface area contributed by atoms with Crippen LogP contribution in [0.4, 0.5) is 0 Å². The van der Waals surface area contributed by atoms with Gasteiger partial charge in [0.25, 0.3) is 0 Å². The lowest BCUT2D eigenvalue weighted by molar-refractivity contribution is 0.0701. The van der Waals surface area contributed by atoms with Crippen molar-refractivity contribution in [1.29, 1.82) is 0 Å². The second-order valence-electron chi connectivity index (χ2n) is 4.60. The maximum Gasteiger partial charge on any atom is 0.346 e. The molecule has 0 radical (unpaired) electrons. The third-order valence-electron chi connectivity index (χ3n) is 2.79. The predicted molar refractivity (Wildman–Crippen MR) is 78.8 cm³/mol. The lowest BCUT2D eigenvalue weighted by atomic mass is 10.2. The zero-order valence-electron chi connectivity index (χ0n) is 10.9. The molecule has 0 aliphatic heterocycles. The summed E-state index contributed by atoms with van der Waals surface area (Å²) in [6, 6.07) is 8.85. The molecule has 0 aliphatic carbocycles. The summed E-state index contributed by atoms with van der Waals surface area (Å²) in [7, 11) is -3.39. The summed E-state index contributed by atoms with van der Waals surface area (Å²) < 4.78 is 24.3. The topological polar surface area (TPSA) is 71.4 Å². The van der Waals surface area contributed by atoms with Gasteiger partial charge in [-0.1, -0.05) is 29.8 Å². The van der Waals surface area contributed by atoms with Crippen LogP contribution in [0.2, 0.25) is 0 Å². The van der Waals surface area contributed by atoms with E-state index in [2.05, 4.69) is 0 Å². The smallest absolute Gasteiger partial charge is 0.346 e. The normalized spacial score (nSPS) is 11.4. The molecule has 2 aromatic rings. The Labute approximate surface area is 121 Å². The lowest BCUT2D eigenvalue weighted by Gasteiger charge is -2.05. The minimum absolute atomic E-state index is 0.0798. The van der Waals surface area contributed by atoms with Crippen LogP contribution in [0.25, 0.3) is 0 Å². The summed E-state index contributed by atoms with van der Waals surface area (Å²) in [5, 5.41) is 10.6. The van der Waals surface area contributed by atoms with Crippen LogP contribution in [0.5, 0.6) is 0 Å². The van der Waals surface area contributed by atoms with Gasteiger partial charge >= 0.3 is 5.97 Å². The molecule has 20 heavy (non-hydrogen) atoms. The van der Waals surface area contributed by atoms with Gasteiger partial charge in [-0.3, -0.25) is 0 Å². The maximum absolute atomic E-state index is 12.2. The van der Waals surface area contributed by atoms with E-state index in [4.69, 9.17) is 5.11 Å². The fourth-order valence-electron chi connectivity index (χ4n) is 1.98. The number of benzene rings is 1. The van der Waals surface area contributed by atoms with Gasteiger partial charge in [-0.2, -0.15) is 0 Å². The molecule has 1 heterocycles. The third-order valence-corrected chi connectivity index (χ3v) is 5.25. The molecule has 1 N–H and O–H groups in total. The van der Waals surface area contributed by atoms with Crippen LogP contribution >= 0.6 is 11.3 Å². The van der Waals surface area contributed by atoms with E-state index in [9.17, 15) is 13.2 Å². The highest BCUT2D eigenvalue weighted by Crippen LogP contribution is 2.21. The fraction of sp³-hybridized carbons (Fsp3) is 0.214. The van der Waals surface area contributed by atoms with Crippen molar-refractivity contribution in [1.82, 2.24) is 0 Å². The Morgan fingerprint density at radius 2 is 2.00 bits per heavy atom. The Hall–Kier alpha value is -1.66. The van der Waals surface area contributed by atoms with Gasteiger partial charge in [0, 0.05) is 0 Å². The van der Waals surface area contributed by atoms with Crippen LogP contribution in [0.1, 0.15) is 26.4 Å². The lowest BCUT2D eigenvalue weighted by Crippen LogP contribution is -2.09. The molecule has 2 rings (SSSR count). The van der Waals surface area contributed by atoms with Crippen LogP contribution in [0.3, 0.4) is 0 Å². The van der Waals surface area contributed by atoms with Crippen LogP contribution in [0, 0.1) is 6.92 Å². The Kier molecular flexibility index (Phi) is 4.25. The fourth-order valence-corrected chi connectivity index (χ4v) is 4.34. The number of carbonyl (C=O) groups is 1. The van der Waals surface area contributed by atoms with Gasteiger partial charge in [-0.25, -0.2) is 13.2 Å². The van der Waals surface area contributed by atoms with E-state index in [0.29, 0.717) is 5.56 Å². The molecule has 6 heteroatoms. The van der Waals surface area contributed by atoms with E-state index < -0.39 is 15.8 Å². The minimum Gasteiger partial charge on any atom is -0.477 e. The van der Waals surface area contributed by atoms with Crippen molar-refractivity contribution in [3.8, 4) is 0 Å². The van der Waals surface area contributed by atoms with Gasteiger partial charge in [0.1, 0.15) is 4.88 Å². The van der Waals surface area contributed by atoms with E-state index in [1.54, 1.807) is 17.5 Å². The number of carboxylic acid groups (broad SMARTS) is 1. The van der Waals surface area contributed by atoms with E-state index in [0.717, 1.165) is 22.5 Å². The highest BCUT2D eigenvalue weighted by atomic mass is 32.2. The van der Waals surface area contributed by atoms with Crippen molar-refractivity contribution >= 4 is 27.1 Å². The molecule has 106 valence electrons. The maximum atomic E-state index is 12.2. The van der Waals surface area contributed by atoms with Crippen LogP contribution in [-0.2, 0) is 21.3 Å².